The Bertz CT molecular complexity index is 364. The Labute approximate surface area is 83.8 Å². The molecule has 0 aliphatic carbocycles. The van der Waals surface area contributed by atoms with Gasteiger partial charge < -0.3 is 5.11 Å². The molecule has 0 aromatic carbocycles. The molecule has 0 saturated heterocycles. The highest BCUT2D eigenvalue weighted by molar-refractivity contribution is 5.89. The van der Waals surface area contributed by atoms with Crippen molar-refractivity contribution >= 4 is 5.97 Å². The number of carbonyl (C=O) groups is 1. The zero-order valence-electron chi connectivity index (χ0n) is 8.96. The van der Waals surface area contributed by atoms with Gasteiger partial charge in [-0.3, -0.25) is 4.98 Å². The van der Waals surface area contributed by atoms with E-state index >= 15 is 0 Å². The standard InChI is InChI=1S/C11H15NO2/c1-7-5-12-6-8(10(13)14)9(7)11(2,3)4/h5-6H,1-4H3,(H,13,14). The predicted octanol–water partition coefficient (Wildman–Crippen LogP) is 2.39. The van der Waals surface area contributed by atoms with Crippen LogP contribution in [0.4, 0.5) is 0 Å². The molecule has 0 amide bonds. The van der Waals surface area contributed by atoms with E-state index in [1.54, 1.807) is 6.20 Å². The SMILES string of the molecule is Cc1cncc(C(=O)O)c1C(C)(C)C. The Balaban J connectivity index is 3.45. The van der Waals surface area contributed by atoms with Crippen LogP contribution in [0.1, 0.15) is 42.3 Å². The molecule has 0 bridgehead atoms. The highest BCUT2D eigenvalue weighted by Gasteiger charge is 2.23. The van der Waals surface area contributed by atoms with Crippen molar-refractivity contribution in [2.45, 2.75) is 33.1 Å². The minimum Gasteiger partial charge on any atom is -0.478 e. The van der Waals surface area contributed by atoms with Gasteiger partial charge in [-0.1, -0.05) is 20.8 Å². The molecule has 0 radical (unpaired) electrons. The highest BCUT2D eigenvalue weighted by atomic mass is 16.4. The number of nitrogens with zero attached hydrogens (tertiary/aromatic N) is 1. The number of pyridine rings is 1. The lowest BCUT2D eigenvalue weighted by molar-refractivity contribution is 0.0693. The van der Waals surface area contributed by atoms with Crippen molar-refractivity contribution in [2.24, 2.45) is 0 Å². The summed E-state index contributed by atoms with van der Waals surface area (Å²) in [4.78, 5) is 14.9. The van der Waals surface area contributed by atoms with Crippen molar-refractivity contribution in [1.29, 1.82) is 0 Å². The lowest BCUT2D eigenvalue weighted by atomic mass is 9.82. The van der Waals surface area contributed by atoms with Gasteiger partial charge in [0.1, 0.15) is 0 Å². The molecular formula is C11H15NO2. The second kappa shape index (κ2) is 3.40. The molecule has 0 aliphatic heterocycles. The average Bonchev–Trinajstić information content (AvgIpc) is 2.01. The van der Waals surface area contributed by atoms with Crippen LogP contribution >= 0.6 is 0 Å². The third-order valence-corrected chi connectivity index (χ3v) is 2.12. The van der Waals surface area contributed by atoms with Gasteiger partial charge in [0.15, 0.2) is 0 Å². The molecule has 0 spiro atoms. The van der Waals surface area contributed by atoms with Gasteiger partial charge >= 0.3 is 5.97 Å². The third-order valence-electron chi connectivity index (χ3n) is 2.12. The summed E-state index contributed by atoms with van der Waals surface area (Å²) in [5.74, 6) is -0.911. The molecule has 3 nitrogen and oxygen atoms in total. The predicted molar refractivity (Wildman–Crippen MR) is 54.6 cm³/mol. The molecule has 14 heavy (non-hydrogen) atoms. The first kappa shape index (κ1) is 10.7. The number of rotatable bonds is 1. The van der Waals surface area contributed by atoms with Gasteiger partial charge in [0.2, 0.25) is 0 Å². The van der Waals surface area contributed by atoms with Crippen molar-refractivity contribution in [3.8, 4) is 0 Å². The fraction of sp³-hybridized carbons (Fsp3) is 0.455. The van der Waals surface area contributed by atoms with Crippen LogP contribution in [0.15, 0.2) is 12.4 Å². The summed E-state index contributed by atoms with van der Waals surface area (Å²) in [6.07, 6.45) is 3.11. The third kappa shape index (κ3) is 1.92. The molecule has 3 heteroatoms. The van der Waals surface area contributed by atoms with Gasteiger partial charge in [-0.05, 0) is 23.5 Å². The van der Waals surface area contributed by atoms with E-state index in [4.69, 9.17) is 5.11 Å². The number of aromatic nitrogens is 1. The number of carboxylic acids is 1. The Kier molecular flexibility index (Phi) is 2.60. The topological polar surface area (TPSA) is 50.2 Å². The minimum atomic E-state index is -0.911. The zero-order chi connectivity index (χ0) is 10.9. The smallest absolute Gasteiger partial charge is 0.337 e. The largest absolute Gasteiger partial charge is 0.478 e. The first-order valence-electron chi connectivity index (χ1n) is 4.52. The molecule has 0 aliphatic rings. The van der Waals surface area contributed by atoms with E-state index in [9.17, 15) is 4.79 Å². The Morgan fingerprint density at radius 2 is 1.93 bits per heavy atom. The maximum Gasteiger partial charge on any atom is 0.337 e. The van der Waals surface area contributed by atoms with Gasteiger partial charge in [-0.25, -0.2) is 4.79 Å². The number of carboxylic acid groups (broad SMARTS) is 1. The zero-order valence-corrected chi connectivity index (χ0v) is 8.96. The summed E-state index contributed by atoms with van der Waals surface area (Å²) in [5, 5.41) is 9.01. The molecule has 76 valence electrons. The molecule has 0 fully saturated rings. The Hall–Kier alpha value is -1.38. The fourth-order valence-electron chi connectivity index (χ4n) is 1.72. The molecule has 1 aromatic heterocycles. The van der Waals surface area contributed by atoms with E-state index < -0.39 is 5.97 Å². The quantitative estimate of drug-likeness (QED) is 0.745. The van der Waals surface area contributed by atoms with E-state index in [0.29, 0.717) is 5.56 Å². The summed E-state index contributed by atoms with van der Waals surface area (Å²) in [7, 11) is 0. The van der Waals surface area contributed by atoms with Gasteiger partial charge in [-0.15, -0.1) is 0 Å². The van der Waals surface area contributed by atoms with Crippen LogP contribution in [0.3, 0.4) is 0 Å². The summed E-state index contributed by atoms with van der Waals surface area (Å²) < 4.78 is 0. The molecule has 0 unspecified atom stereocenters. The monoisotopic (exact) mass is 193 g/mol. The molecule has 1 aromatic rings. The number of aromatic carboxylic acids is 1. The van der Waals surface area contributed by atoms with Crippen LogP contribution in [-0.2, 0) is 5.41 Å². The molecule has 1 N–H and O–H groups in total. The van der Waals surface area contributed by atoms with Crippen molar-refractivity contribution in [3.05, 3.63) is 29.1 Å². The number of hydrogen-bond donors (Lipinski definition) is 1. The van der Waals surface area contributed by atoms with Crippen LogP contribution < -0.4 is 0 Å². The number of hydrogen-bond acceptors (Lipinski definition) is 2. The normalized spacial score (nSPS) is 11.4. The fourth-order valence-corrected chi connectivity index (χ4v) is 1.72. The summed E-state index contributed by atoms with van der Waals surface area (Å²) in [6, 6.07) is 0. The van der Waals surface area contributed by atoms with Crippen molar-refractivity contribution in [2.75, 3.05) is 0 Å². The van der Waals surface area contributed by atoms with Crippen molar-refractivity contribution in [1.82, 2.24) is 4.98 Å². The molecule has 1 rings (SSSR count). The lowest BCUT2D eigenvalue weighted by Gasteiger charge is -2.23. The molecule has 0 atom stereocenters. The van der Waals surface area contributed by atoms with Crippen LogP contribution in [0.2, 0.25) is 0 Å². The molecule has 1 heterocycles. The lowest BCUT2D eigenvalue weighted by Crippen LogP contribution is -2.19. The van der Waals surface area contributed by atoms with E-state index in [1.165, 1.54) is 6.20 Å². The second-order valence-corrected chi connectivity index (χ2v) is 4.43. The Morgan fingerprint density at radius 1 is 1.36 bits per heavy atom. The first-order chi connectivity index (χ1) is 6.34. The van der Waals surface area contributed by atoms with Gasteiger partial charge in [-0.2, -0.15) is 0 Å². The molecular weight excluding hydrogens is 178 g/mol. The second-order valence-electron chi connectivity index (χ2n) is 4.43. The first-order valence-corrected chi connectivity index (χ1v) is 4.52. The number of aryl methyl sites for hydroxylation is 1. The van der Waals surface area contributed by atoms with Crippen molar-refractivity contribution in [3.63, 3.8) is 0 Å². The van der Waals surface area contributed by atoms with E-state index in [1.807, 2.05) is 27.7 Å². The summed E-state index contributed by atoms with van der Waals surface area (Å²) >= 11 is 0. The Morgan fingerprint density at radius 3 is 2.29 bits per heavy atom. The highest BCUT2D eigenvalue weighted by Crippen LogP contribution is 2.28. The van der Waals surface area contributed by atoms with E-state index in [0.717, 1.165) is 11.1 Å². The molecule has 0 saturated carbocycles. The van der Waals surface area contributed by atoms with Crippen LogP contribution in [0, 0.1) is 6.92 Å². The van der Waals surface area contributed by atoms with E-state index in [2.05, 4.69) is 4.98 Å². The van der Waals surface area contributed by atoms with Crippen molar-refractivity contribution < 1.29 is 9.90 Å². The van der Waals surface area contributed by atoms with Gasteiger partial charge in [0, 0.05) is 12.4 Å². The maximum absolute atomic E-state index is 11.0. The average molecular weight is 193 g/mol. The van der Waals surface area contributed by atoms with Crippen LogP contribution in [0.5, 0.6) is 0 Å². The summed E-state index contributed by atoms with van der Waals surface area (Å²) in [5.41, 5.74) is 1.93. The van der Waals surface area contributed by atoms with E-state index in [-0.39, 0.29) is 5.41 Å². The van der Waals surface area contributed by atoms with Gasteiger partial charge in [0.05, 0.1) is 5.56 Å². The minimum absolute atomic E-state index is 0.166. The van der Waals surface area contributed by atoms with Crippen LogP contribution in [0.25, 0.3) is 0 Å². The maximum atomic E-state index is 11.0. The van der Waals surface area contributed by atoms with Crippen LogP contribution in [-0.4, -0.2) is 16.1 Å². The summed E-state index contributed by atoms with van der Waals surface area (Å²) in [6.45, 7) is 7.89. The van der Waals surface area contributed by atoms with Gasteiger partial charge in [0.25, 0.3) is 0 Å².